The van der Waals surface area contributed by atoms with Crippen LogP contribution in [0.5, 0.6) is 23.0 Å². The highest BCUT2D eigenvalue weighted by molar-refractivity contribution is 6.33. The van der Waals surface area contributed by atoms with Gasteiger partial charge in [0.05, 0.1) is 37.2 Å². The molecule has 2 aliphatic rings. The molecule has 2 heterocycles. The van der Waals surface area contributed by atoms with Crippen LogP contribution in [0.25, 0.3) is 0 Å². The number of nitrogens with zero attached hydrogens (tertiary/aromatic N) is 2. The van der Waals surface area contributed by atoms with Gasteiger partial charge in [-0.3, -0.25) is 19.2 Å². The first-order valence-corrected chi connectivity index (χ1v) is 14.4. The third kappa shape index (κ3) is 6.93. The van der Waals surface area contributed by atoms with Crippen LogP contribution < -0.4 is 14.2 Å². The van der Waals surface area contributed by atoms with E-state index in [0.717, 1.165) is 5.56 Å². The number of amides is 2. The first-order valence-electron chi connectivity index (χ1n) is 14.0. The van der Waals surface area contributed by atoms with Gasteiger partial charge in [-0.05, 0) is 28.8 Å². The topological polar surface area (TPSA) is 163 Å². The highest BCUT2D eigenvalue weighted by Gasteiger charge is 2.32. The zero-order chi connectivity index (χ0) is 32.3. The van der Waals surface area contributed by atoms with Crippen LogP contribution >= 0.6 is 11.6 Å². The van der Waals surface area contributed by atoms with E-state index in [9.17, 15) is 24.3 Å². The van der Waals surface area contributed by atoms with Crippen LogP contribution in [0.1, 0.15) is 55.4 Å². The molecule has 2 aliphatic heterocycles. The number of carboxylic acid groups (broad SMARTS) is 2. The summed E-state index contributed by atoms with van der Waals surface area (Å²) in [4.78, 5) is 50.2. The minimum absolute atomic E-state index is 0.0308. The summed E-state index contributed by atoms with van der Waals surface area (Å²) in [6.45, 7) is 3.39. The van der Waals surface area contributed by atoms with Crippen molar-refractivity contribution < 1.29 is 53.1 Å². The number of carbonyl (C=O) groups excluding carboxylic acids is 2. The van der Waals surface area contributed by atoms with Gasteiger partial charge in [-0.15, -0.1) is 0 Å². The average Bonchev–Trinajstić information content (AvgIpc) is 3.60. The summed E-state index contributed by atoms with van der Waals surface area (Å²) in [5.41, 5.74) is 2.05. The predicted molar refractivity (Wildman–Crippen MR) is 153 cm³/mol. The van der Waals surface area contributed by atoms with Crippen molar-refractivity contribution in [3.63, 3.8) is 0 Å². The standard InChI is InChI=1S/C30H34ClFN2O10/c1-15(29(38)39)7-23(36)33-12-18-10-22(42-3)28(25(31)19(18)13-33)44-6-4-5-43-27-21(35)9-17-11-34(14-20(17)26(27)32)24(37)8-16(2)30(40)41/h9-10,15-16,35H,4-8,11-14H2,1-3H3,(H,38,39)(H,40,41)/t15-,16-/m0/s1. The Balaban J connectivity index is 1.34. The second-order valence-electron chi connectivity index (χ2n) is 11.0. The molecule has 12 nitrogen and oxygen atoms in total. The number of phenolic OH excluding ortho intramolecular Hbond substituents is 1. The third-order valence-electron chi connectivity index (χ3n) is 7.71. The molecule has 0 aromatic heterocycles. The van der Waals surface area contributed by atoms with E-state index in [4.69, 9.17) is 36.0 Å². The van der Waals surface area contributed by atoms with Gasteiger partial charge in [-0.25, -0.2) is 4.39 Å². The van der Waals surface area contributed by atoms with E-state index in [1.54, 1.807) is 6.07 Å². The van der Waals surface area contributed by atoms with Crippen molar-refractivity contribution in [1.82, 2.24) is 9.80 Å². The minimum Gasteiger partial charge on any atom is -0.504 e. The molecule has 0 unspecified atom stereocenters. The van der Waals surface area contributed by atoms with Crippen molar-refractivity contribution in [2.24, 2.45) is 11.8 Å². The van der Waals surface area contributed by atoms with Gasteiger partial charge in [0.1, 0.15) is 0 Å². The summed E-state index contributed by atoms with van der Waals surface area (Å²) in [6.07, 6.45) is -0.0894. The molecule has 4 rings (SSSR count). The summed E-state index contributed by atoms with van der Waals surface area (Å²) < 4.78 is 32.1. The van der Waals surface area contributed by atoms with E-state index >= 15 is 4.39 Å². The molecule has 44 heavy (non-hydrogen) atoms. The molecule has 0 spiro atoms. The van der Waals surface area contributed by atoms with Crippen LogP contribution in [-0.2, 0) is 45.4 Å². The Kier molecular flexibility index (Phi) is 10.1. The molecule has 0 saturated carbocycles. The van der Waals surface area contributed by atoms with Crippen LogP contribution in [0.3, 0.4) is 0 Å². The molecule has 2 aromatic rings. The maximum absolute atomic E-state index is 15.3. The number of fused-ring (bicyclic) bond motifs is 2. The molecule has 2 atom stereocenters. The van der Waals surface area contributed by atoms with Gasteiger partial charge in [-0.2, -0.15) is 0 Å². The Bertz CT molecular complexity index is 1480. The molecule has 14 heteroatoms. The van der Waals surface area contributed by atoms with Gasteiger partial charge in [0, 0.05) is 51.0 Å². The fraction of sp³-hybridized carbons (Fsp3) is 0.467. The van der Waals surface area contributed by atoms with E-state index in [2.05, 4.69) is 0 Å². The van der Waals surface area contributed by atoms with Gasteiger partial charge in [0.25, 0.3) is 0 Å². The smallest absolute Gasteiger partial charge is 0.306 e. The Morgan fingerprint density at radius 3 is 1.89 bits per heavy atom. The van der Waals surface area contributed by atoms with Crippen LogP contribution in [-0.4, -0.2) is 69.2 Å². The maximum Gasteiger partial charge on any atom is 0.306 e. The SMILES string of the molecule is COc1cc2c(c(Cl)c1OCCCOc1c(O)cc3c(c1F)CN(C(=O)C[C@H](C)C(=O)O)C3)CN(C(=O)C[C@H](C)C(=O)O)C2. The number of aliphatic carboxylic acids is 2. The van der Waals surface area contributed by atoms with Crippen molar-refractivity contribution >= 4 is 35.4 Å². The van der Waals surface area contributed by atoms with Crippen LogP contribution in [0.4, 0.5) is 4.39 Å². The van der Waals surface area contributed by atoms with E-state index in [1.807, 2.05) is 0 Å². The van der Waals surface area contributed by atoms with Crippen molar-refractivity contribution in [1.29, 1.82) is 0 Å². The number of hydrogen-bond donors (Lipinski definition) is 3. The zero-order valence-electron chi connectivity index (χ0n) is 24.5. The molecular weight excluding hydrogens is 603 g/mol. The lowest BCUT2D eigenvalue weighted by molar-refractivity contribution is -0.145. The molecule has 0 fully saturated rings. The van der Waals surface area contributed by atoms with Crippen LogP contribution in [0.15, 0.2) is 12.1 Å². The zero-order valence-corrected chi connectivity index (χ0v) is 25.3. The van der Waals surface area contributed by atoms with Gasteiger partial charge in [0.15, 0.2) is 28.8 Å². The molecule has 0 aliphatic carbocycles. The fourth-order valence-corrected chi connectivity index (χ4v) is 5.40. The van der Waals surface area contributed by atoms with E-state index in [1.165, 1.54) is 36.8 Å². The Morgan fingerprint density at radius 1 is 0.864 bits per heavy atom. The van der Waals surface area contributed by atoms with E-state index in [-0.39, 0.29) is 86.6 Å². The number of hydrogen-bond acceptors (Lipinski definition) is 8. The summed E-state index contributed by atoms with van der Waals surface area (Å²) >= 11 is 6.64. The first kappa shape index (κ1) is 32.6. The Hall–Kier alpha value is -4.26. The second-order valence-corrected chi connectivity index (χ2v) is 11.4. The second kappa shape index (κ2) is 13.6. The number of phenols is 1. The maximum atomic E-state index is 15.3. The number of benzene rings is 2. The van der Waals surface area contributed by atoms with Gasteiger partial charge in [-0.1, -0.05) is 25.4 Å². The number of aromatic hydroxyl groups is 1. The lowest BCUT2D eigenvalue weighted by Crippen LogP contribution is -2.28. The molecule has 0 radical (unpaired) electrons. The summed E-state index contributed by atoms with van der Waals surface area (Å²) in [7, 11) is 1.45. The fourth-order valence-electron chi connectivity index (χ4n) is 5.07. The summed E-state index contributed by atoms with van der Waals surface area (Å²) in [5, 5.41) is 28.8. The highest BCUT2D eigenvalue weighted by Crippen LogP contribution is 2.43. The van der Waals surface area contributed by atoms with E-state index in [0.29, 0.717) is 16.9 Å². The number of carboxylic acids is 2. The average molecular weight is 637 g/mol. The van der Waals surface area contributed by atoms with Crippen LogP contribution in [0, 0.1) is 17.7 Å². The number of rotatable bonds is 13. The first-order chi connectivity index (χ1) is 20.8. The molecule has 0 saturated heterocycles. The molecule has 238 valence electrons. The largest absolute Gasteiger partial charge is 0.504 e. The normalized spacial score (nSPS) is 14.9. The van der Waals surface area contributed by atoms with Gasteiger partial charge in [0.2, 0.25) is 11.8 Å². The van der Waals surface area contributed by atoms with Crippen molar-refractivity contribution in [2.75, 3.05) is 20.3 Å². The minimum atomic E-state index is -1.10. The monoisotopic (exact) mass is 636 g/mol. The van der Waals surface area contributed by atoms with Crippen molar-refractivity contribution in [3.05, 3.63) is 45.2 Å². The number of ether oxygens (including phenoxy) is 3. The molecule has 3 N–H and O–H groups in total. The third-order valence-corrected chi connectivity index (χ3v) is 8.11. The van der Waals surface area contributed by atoms with Crippen molar-refractivity contribution in [2.45, 2.75) is 59.3 Å². The highest BCUT2D eigenvalue weighted by atomic mass is 35.5. The lowest BCUT2D eigenvalue weighted by atomic mass is 10.1. The number of carbonyl (C=O) groups is 4. The van der Waals surface area contributed by atoms with Crippen molar-refractivity contribution in [3.8, 4) is 23.0 Å². The summed E-state index contributed by atoms with van der Waals surface area (Å²) in [6, 6.07) is 3.05. The Labute approximate surface area is 257 Å². The van der Waals surface area contributed by atoms with E-state index < -0.39 is 41.2 Å². The summed E-state index contributed by atoms with van der Waals surface area (Å²) in [5.74, 6) is -5.54. The number of methoxy groups -OCH3 is 1. The molecule has 2 amide bonds. The molecule has 2 aromatic carbocycles. The molecule has 0 bridgehead atoms. The Morgan fingerprint density at radius 2 is 1.36 bits per heavy atom. The number of halogens is 2. The lowest BCUT2D eigenvalue weighted by Gasteiger charge is -2.17. The predicted octanol–water partition coefficient (Wildman–Crippen LogP) is 3.95. The van der Waals surface area contributed by atoms with Crippen LogP contribution in [0.2, 0.25) is 5.02 Å². The molecular formula is C30H34ClFN2O10. The van der Waals surface area contributed by atoms with Gasteiger partial charge >= 0.3 is 11.9 Å². The quantitative estimate of drug-likeness (QED) is 0.274. The van der Waals surface area contributed by atoms with Gasteiger partial charge < -0.3 is 39.3 Å².